The Morgan fingerprint density at radius 2 is 1.74 bits per heavy atom. The Bertz CT molecular complexity index is 677. The quantitative estimate of drug-likeness (QED) is 0.821. The van der Waals surface area contributed by atoms with Gasteiger partial charge in [0.25, 0.3) is 0 Å². The van der Waals surface area contributed by atoms with E-state index in [0.29, 0.717) is 11.3 Å². The van der Waals surface area contributed by atoms with Crippen LogP contribution in [0.3, 0.4) is 0 Å². The van der Waals surface area contributed by atoms with Crippen LogP contribution in [0.2, 0.25) is 0 Å². The summed E-state index contributed by atoms with van der Waals surface area (Å²) in [6.45, 7) is 2.61. The average molecular weight is 311 g/mol. The second-order valence-electron chi connectivity index (χ2n) is 6.28. The molecular formula is C19H21NO3. The van der Waals surface area contributed by atoms with Crippen LogP contribution in [0.25, 0.3) is 0 Å². The Hall–Kier alpha value is -2.33. The van der Waals surface area contributed by atoms with E-state index >= 15 is 0 Å². The van der Waals surface area contributed by atoms with Crippen molar-refractivity contribution in [1.29, 1.82) is 0 Å². The molecule has 0 spiro atoms. The van der Waals surface area contributed by atoms with E-state index in [1.54, 1.807) is 24.3 Å². The maximum atomic E-state index is 10.9. The summed E-state index contributed by atoms with van der Waals surface area (Å²) >= 11 is 0. The van der Waals surface area contributed by atoms with Gasteiger partial charge in [-0.15, -0.1) is 0 Å². The number of nitrogens with zero attached hydrogens (tertiary/aromatic N) is 1. The minimum Gasteiger partial charge on any atom is -0.508 e. The minimum atomic E-state index is -0.897. The number of hydrogen-bond acceptors (Lipinski definition) is 3. The van der Waals surface area contributed by atoms with Crippen molar-refractivity contribution in [2.45, 2.75) is 25.9 Å². The van der Waals surface area contributed by atoms with Crippen molar-refractivity contribution in [2.75, 3.05) is 6.54 Å². The van der Waals surface area contributed by atoms with Crippen LogP contribution in [0, 0.1) is 5.92 Å². The number of aromatic hydroxyl groups is 1. The van der Waals surface area contributed by atoms with Gasteiger partial charge in [-0.1, -0.05) is 24.3 Å². The zero-order chi connectivity index (χ0) is 16.2. The molecule has 23 heavy (non-hydrogen) atoms. The van der Waals surface area contributed by atoms with E-state index in [-0.39, 0.29) is 0 Å². The number of benzene rings is 2. The molecule has 0 atom stereocenters. The van der Waals surface area contributed by atoms with Crippen LogP contribution in [-0.4, -0.2) is 27.6 Å². The first-order valence-corrected chi connectivity index (χ1v) is 7.92. The summed E-state index contributed by atoms with van der Waals surface area (Å²) in [6.07, 6.45) is 2.57. The number of phenolic OH excluding ortho intramolecular Hbond substituents is 1. The highest BCUT2D eigenvalue weighted by Crippen LogP contribution is 2.31. The minimum absolute atomic E-state index is 0.291. The molecule has 0 aromatic heterocycles. The summed E-state index contributed by atoms with van der Waals surface area (Å²) in [6, 6.07) is 14.4. The Morgan fingerprint density at radius 3 is 2.35 bits per heavy atom. The van der Waals surface area contributed by atoms with Crippen molar-refractivity contribution in [3.63, 3.8) is 0 Å². The average Bonchev–Trinajstić information content (AvgIpc) is 3.31. The summed E-state index contributed by atoms with van der Waals surface area (Å²) in [4.78, 5) is 13.3. The lowest BCUT2D eigenvalue weighted by Gasteiger charge is -2.22. The van der Waals surface area contributed by atoms with Gasteiger partial charge in [0.1, 0.15) is 5.75 Å². The lowest BCUT2D eigenvalue weighted by atomic mass is 10.1. The van der Waals surface area contributed by atoms with Crippen LogP contribution in [0.15, 0.2) is 48.5 Å². The van der Waals surface area contributed by atoms with Crippen LogP contribution in [0.1, 0.15) is 34.3 Å². The number of rotatable bonds is 7. The van der Waals surface area contributed by atoms with E-state index in [1.165, 1.54) is 12.8 Å². The van der Waals surface area contributed by atoms with E-state index in [4.69, 9.17) is 5.11 Å². The summed E-state index contributed by atoms with van der Waals surface area (Å²) in [5.74, 6) is 0.163. The molecule has 2 aromatic rings. The molecule has 1 fully saturated rings. The van der Waals surface area contributed by atoms with E-state index in [2.05, 4.69) is 4.90 Å². The lowest BCUT2D eigenvalue weighted by molar-refractivity contribution is 0.0697. The van der Waals surface area contributed by atoms with Crippen molar-refractivity contribution in [1.82, 2.24) is 4.90 Å². The smallest absolute Gasteiger partial charge is 0.335 e. The summed E-state index contributed by atoms with van der Waals surface area (Å²) in [7, 11) is 0. The molecule has 2 aromatic carbocycles. The van der Waals surface area contributed by atoms with Gasteiger partial charge in [-0.25, -0.2) is 4.79 Å². The number of carbonyl (C=O) groups is 1. The van der Waals surface area contributed by atoms with E-state index in [9.17, 15) is 9.90 Å². The Balaban J connectivity index is 1.69. The first-order valence-electron chi connectivity index (χ1n) is 7.92. The monoisotopic (exact) mass is 311 g/mol. The summed E-state index contributed by atoms with van der Waals surface area (Å²) in [5.41, 5.74) is 2.51. The van der Waals surface area contributed by atoms with Crippen molar-refractivity contribution in [2.24, 2.45) is 5.92 Å². The number of hydrogen-bond donors (Lipinski definition) is 2. The maximum Gasteiger partial charge on any atom is 0.335 e. The predicted octanol–water partition coefficient (Wildman–Crippen LogP) is 3.50. The molecule has 1 aliphatic rings. The summed E-state index contributed by atoms with van der Waals surface area (Å²) in [5, 5.41) is 18.6. The Labute approximate surface area is 136 Å². The predicted molar refractivity (Wildman–Crippen MR) is 88.3 cm³/mol. The van der Waals surface area contributed by atoms with Gasteiger partial charge < -0.3 is 10.2 Å². The third-order valence-corrected chi connectivity index (χ3v) is 4.14. The number of aromatic carboxylic acids is 1. The van der Waals surface area contributed by atoms with Crippen LogP contribution < -0.4 is 0 Å². The lowest BCUT2D eigenvalue weighted by Crippen LogP contribution is -2.25. The molecule has 0 heterocycles. The van der Waals surface area contributed by atoms with Crippen molar-refractivity contribution < 1.29 is 15.0 Å². The topological polar surface area (TPSA) is 60.8 Å². The van der Waals surface area contributed by atoms with Crippen LogP contribution in [0.5, 0.6) is 5.75 Å². The maximum absolute atomic E-state index is 10.9. The fraction of sp³-hybridized carbons (Fsp3) is 0.316. The molecule has 0 unspecified atom stereocenters. The molecule has 0 amide bonds. The molecule has 0 radical (unpaired) electrons. The highest BCUT2D eigenvalue weighted by Gasteiger charge is 2.24. The molecule has 120 valence electrons. The molecule has 0 bridgehead atoms. The molecule has 4 nitrogen and oxygen atoms in total. The van der Waals surface area contributed by atoms with Gasteiger partial charge in [0, 0.05) is 19.6 Å². The molecular weight excluding hydrogens is 290 g/mol. The largest absolute Gasteiger partial charge is 0.508 e. The van der Waals surface area contributed by atoms with E-state index < -0.39 is 5.97 Å². The highest BCUT2D eigenvalue weighted by atomic mass is 16.4. The van der Waals surface area contributed by atoms with E-state index in [1.807, 2.05) is 24.3 Å². The van der Waals surface area contributed by atoms with Gasteiger partial charge in [0.15, 0.2) is 0 Å². The number of phenols is 1. The second-order valence-corrected chi connectivity index (χ2v) is 6.28. The fourth-order valence-corrected chi connectivity index (χ4v) is 2.77. The third-order valence-electron chi connectivity index (χ3n) is 4.14. The van der Waals surface area contributed by atoms with Gasteiger partial charge in [0.2, 0.25) is 0 Å². The van der Waals surface area contributed by atoms with E-state index in [0.717, 1.165) is 36.7 Å². The zero-order valence-corrected chi connectivity index (χ0v) is 13.0. The van der Waals surface area contributed by atoms with Crippen molar-refractivity contribution in [3.8, 4) is 5.75 Å². The molecule has 1 aliphatic carbocycles. The standard InChI is InChI=1S/C19H21NO3/c21-18-3-1-2-16(10-18)13-20(11-14-4-5-14)12-15-6-8-17(9-7-15)19(22)23/h1-3,6-10,14,21H,4-5,11-13H2,(H,22,23). The SMILES string of the molecule is O=C(O)c1ccc(CN(Cc2cccc(O)c2)CC2CC2)cc1. The normalized spacial score (nSPS) is 14.1. The first kappa shape index (κ1) is 15.6. The van der Waals surface area contributed by atoms with Crippen LogP contribution in [0.4, 0.5) is 0 Å². The van der Waals surface area contributed by atoms with Crippen LogP contribution >= 0.6 is 0 Å². The van der Waals surface area contributed by atoms with Gasteiger partial charge >= 0.3 is 5.97 Å². The number of carboxylic acid groups (broad SMARTS) is 1. The molecule has 0 saturated heterocycles. The van der Waals surface area contributed by atoms with Gasteiger partial charge in [-0.2, -0.15) is 0 Å². The fourth-order valence-electron chi connectivity index (χ4n) is 2.77. The van der Waals surface area contributed by atoms with Crippen molar-refractivity contribution >= 4 is 5.97 Å². The van der Waals surface area contributed by atoms with Crippen molar-refractivity contribution in [3.05, 3.63) is 65.2 Å². The molecule has 0 aliphatic heterocycles. The third kappa shape index (κ3) is 4.57. The Kier molecular flexibility index (Phi) is 4.63. The highest BCUT2D eigenvalue weighted by molar-refractivity contribution is 5.87. The van der Waals surface area contributed by atoms with Crippen LogP contribution in [-0.2, 0) is 13.1 Å². The molecule has 2 N–H and O–H groups in total. The zero-order valence-electron chi connectivity index (χ0n) is 13.0. The summed E-state index contributed by atoms with van der Waals surface area (Å²) < 4.78 is 0. The molecule has 4 heteroatoms. The first-order chi connectivity index (χ1) is 11.1. The second kappa shape index (κ2) is 6.84. The Morgan fingerprint density at radius 1 is 1.04 bits per heavy atom. The van der Waals surface area contributed by atoms with Gasteiger partial charge in [-0.3, -0.25) is 4.90 Å². The number of carboxylic acids is 1. The van der Waals surface area contributed by atoms with Gasteiger partial charge in [-0.05, 0) is 54.2 Å². The molecule has 3 rings (SSSR count). The van der Waals surface area contributed by atoms with Gasteiger partial charge in [0.05, 0.1) is 5.56 Å². The molecule has 1 saturated carbocycles.